The Bertz CT molecular complexity index is 2090. The quantitative estimate of drug-likeness (QED) is 0.245. The highest BCUT2D eigenvalue weighted by Gasteiger charge is 2.20. The molecule has 0 saturated heterocycles. The zero-order chi connectivity index (χ0) is 23.6. The van der Waals surface area contributed by atoms with E-state index in [-0.39, 0.29) is 0 Å². The van der Waals surface area contributed by atoms with Gasteiger partial charge in [0.15, 0.2) is 5.65 Å². The van der Waals surface area contributed by atoms with E-state index in [0.29, 0.717) is 0 Å². The molecule has 36 heavy (non-hydrogen) atoms. The van der Waals surface area contributed by atoms with Crippen LogP contribution in [0.5, 0.6) is 0 Å². The molecule has 0 spiro atoms. The van der Waals surface area contributed by atoms with Gasteiger partial charge in [-0.15, -0.1) is 45.3 Å². The Labute approximate surface area is 218 Å². The molecule has 0 N–H and O–H groups in total. The highest BCUT2D eigenvalue weighted by Crippen LogP contribution is 2.42. The zero-order valence-electron chi connectivity index (χ0n) is 18.0. The van der Waals surface area contributed by atoms with Crippen LogP contribution in [0, 0.1) is 0 Å². The van der Waals surface area contributed by atoms with Gasteiger partial charge in [0.25, 0.3) is 0 Å². The molecular weight excluding hydrogens is 529 g/mol. The fourth-order valence-electron chi connectivity index (χ4n) is 4.29. The van der Waals surface area contributed by atoms with Gasteiger partial charge in [0, 0.05) is 41.5 Å². The summed E-state index contributed by atoms with van der Waals surface area (Å²) in [7, 11) is 0. The molecule has 0 aliphatic heterocycles. The summed E-state index contributed by atoms with van der Waals surface area (Å²) in [5.74, 6) is 0. The normalized spacial score (nSPS) is 11.9. The summed E-state index contributed by atoms with van der Waals surface area (Å²) in [6, 6.07) is 3.99. The maximum Gasteiger partial charge on any atom is 0.170 e. The van der Waals surface area contributed by atoms with Crippen LogP contribution in [0.2, 0.25) is 0 Å². The summed E-state index contributed by atoms with van der Waals surface area (Å²) >= 11 is 6.37. The summed E-state index contributed by atoms with van der Waals surface area (Å²) in [6.07, 6.45) is 9.12. The number of nitrogens with zero attached hydrogens (tertiary/aromatic N) is 8. The molecule has 170 valence electrons. The van der Waals surface area contributed by atoms with Gasteiger partial charge in [-0.3, -0.25) is 15.0 Å². The molecule has 0 fully saturated rings. The van der Waals surface area contributed by atoms with Crippen LogP contribution in [-0.4, -0.2) is 39.9 Å². The Morgan fingerprint density at radius 1 is 0.583 bits per heavy atom. The molecule has 8 aromatic rings. The summed E-state index contributed by atoms with van der Waals surface area (Å²) in [4.78, 5) is 36.8. The number of rotatable bonds is 3. The number of thiazole rings is 4. The lowest BCUT2D eigenvalue weighted by atomic mass is 10.1. The molecule has 8 heterocycles. The molecule has 0 unspecified atom stereocenters. The average Bonchev–Trinajstić information content (AvgIpc) is 3.72. The standard InChI is InChI=1S/C24H10N8S4/c1-3-27-23-22(35-10-31-23)11(1)16-18-15(2-4-26-16)36-24(32-18)13-6-28-17(19-21(13)34-9-30-19)12-5-25-7-14-20(12)33-8-29-14/h1-10H. The average molecular weight is 539 g/mol. The second kappa shape index (κ2) is 7.83. The van der Waals surface area contributed by atoms with Crippen molar-refractivity contribution in [1.29, 1.82) is 0 Å². The van der Waals surface area contributed by atoms with Crippen LogP contribution in [0.4, 0.5) is 0 Å². The van der Waals surface area contributed by atoms with Crippen LogP contribution in [-0.2, 0) is 0 Å². The van der Waals surface area contributed by atoms with Crippen LogP contribution in [0.1, 0.15) is 0 Å². The zero-order valence-corrected chi connectivity index (χ0v) is 21.3. The summed E-state index contributed by atoms with van der Waals surface area (Å²) in [6.45, 7) is 0. The second-order valence-electron chi connectivity index (χ2n) is 7.83. The van der Waals surface area contributed by atoms with E-state index in [2.05, 4.69) is 24.9 Å². The minimum Gasteiger partial charge on any atom is -0.262 e. The predicted octanol–water partition coefficient (Wildman–Crippen LogP) is 6.71. The van der Waals surface area contributed by atoms with Gasteiger partial charge < -0.3 is 0 Å². The van der Waals surface area contributed by atoms with Gasteiger partial charge in [-0.05, 0) is 12.1 Å². The van der Waals surface area contributed by atoms with E-state index in [1.54, 1.807) is 57.7 Å². The van der Waals surface area contributed by atoms with Crippen molar-refractivity contribution in [3.63, 3.8) is 0 Å². The molecule has 8 rings (SSSR count). The van der Waals surface area contributed by atoms with Crippen molar-refractivity contribution in [2.75, 3.05) is 0 Å². The van der Waals surface area contributed by atoms with Crippen molar-refractivity contribution in [3.8, 4) is 33.1 Å². The first-order valence-electron chi connectivity index (χ1n) is 10.7. The van der Waals surface area contributed by atoms with Gasteiger partial charge in [-0.2, -0.15) is 0 Å². The van der Waals surface area contributed by atoms with Crippen LogP contribution in [0.25, 0.3) is 74.1 Å². The van der Waals surface area contributed by atoms with Gasteiger partial charge in [0.05, 0.1) is 47.2 Å². The number of pyridine rings is 4. The minimum atomic E-state index is 0.725. The van der Waals surface area contributed by atoms with E-state index in [1.165, 1.54) is 0 Å². The lowest BCUT2D eigenvalue weighted by Gasteiger charge is -2.05. The van der Waals surface area contributed by atoms with E-state index in [1.807, 2.05) is 47.3 Å². The SMILES string of the molecule is c1cc2sc(-c3cnc(-c4cncc5ncsc45)c4ncsc34)nc2c(-c2ccnc3ncsc23)n1. The number of hydrogen-bond donors (Lipinski definition) is 0. The van der Waals surface area contributed by atoms with E-state index >= 15 is 0 Å². The summed E-state index contributed by atoms with van der Waals surface area (Å²) < 4.78 is 4.17. The molecule has 0 aromatic carbocycles. The van der Waals surface area contributed by atoms with Gasteiger partial charge in [0.1, 0.15) is 27.3 Å². The third-order valence-electron chi connectivity index (χ3n) is 5.88. The van der Waals surface area contributed by atoms with Crippen LogP contribution < -0.4 is 0 Å². The molecule has 0 aliphatic carbocycles. The summed E-state index contributed by atoms with van der Waals surface area (Å²) in [5, 5.41) is 0.885. The number of aromatic nitrogens is 8. The number of fused-ring (bicyclic) bond motifs is 4. The highest BCUT2D eigenvalue weighted by molar-refractivity contribution is 7.23. The maximum atomic E-state index is 5.06. The van der Waals surface area contributed by atoms with E-state index in [4.69, 9.17) is 15.0 Å². The second-order valence-corrected chi connectivity index (χ2v) is 11.4. The molecular formula is C24H10N8S4. The lowest BCUT2D eigenvalue weighted by molar-refractivity contribution is 1.29. The van der Waals surface area contributed by atoms with Crippen molar-refractivity contribution in [2.45, 2.75) is 0 Å². The van der Waals surface area contributed by atoms with Crippen molar-refractivity contribution < 1.29 is 0 Å². The molecule has 0 radical (unpaired) electrons. The Kier molecular flexibility index (Phi) is 4.43. The molecule has 8 nitrogen and oxygen atoms in total. The largest absolute Gasteiger partial charge is 0.262 e. The fraction of sp³-hybridized carbons (Fsp3) is 0. The van der Waals surface area contributed by atoms with Gasteiger partial charge in [0.2, 0.25) is 0 Å². The molecule has 0 atom stereocenters. The van der Waals surface area contributed by atoms with Gasteiger partial charge in [-0.25, -0.2) is 24.9 Å². The Balaban J connectivity index is 1.33. The van der Waals surface area contributed by atoms with Gasteiger partial charge >= 0.3 is 0 Å². The van der Waals surface area contributed by atoms with Gasteiger partial charge in [-0.1, -0.05) is 0 Å². The Morgan fingerprint density at radius 3 is 2.42 bits per heavy atom. The Morgan fingerprint density at radius 2 is 1.42 bits per heavy atom. The molecule has 12 heteroatoms. The fourth-order valence-corrected chi connectivity index (χ4v) is 7.67. The molecule has 0 saturated carbocycles. The van der Waals surface area contributed by atoms with E-state index in [0.717, 1.165) is 74.1 Å². The predicted molar refractivity (Wildman–Crippen MR) is 147 cm³/mol. The molecule has 8 aromatic heterocycles. The van der Waals surface area contributed by atoms with Crippen molar-refractivity contribution in [1.82, 2.24) is 39.9 Å². The van der Waals surface area contributed by atoms with Crippen molar-refractivity contribution >= 4 is 86.3 Å². The Hall–Kier alpha value is -3.84. The monoisotopic (exact) mass is 538 g/mol. The first-order valence-corrected chi connectivity index (χ1v) is 14.1. The highest BCUT2D eigenvalue weighted by atomic mass is 32.1. The summed E-state index contributed by atoms with van der Waals surface area (Å²) in [5.41, 5.74) is 13.3. The third-order valence-corrected chi connectivity index (χ3v) is 9.52. The topological polar surface area (TPSA) is 103 Å². The smallest absolute Gasteiger partial charge is 0.170 e. The van der Waals surface area contributed by atoms with E-state index in [9.17, 15) is 0 Å². The van der Waals surface area contributed by atoms with Crippen LogP contribution >= 0.6 is 45.3 Å². The first kappa shape index (κ1) is 20.4. The first-order chi connectivity index (χ1) is 17.8. The third kappa shape index (κ3) is 2.95. The molecule has 0 amide bonds. The van der Waals surface area contributed by atoms with Crippen LogP contribution in [0.3, 0.4) is 0 Å². The number of hydrogen-bond acceptors (Lipinski definition) is 12. The maximum absolute atomic E-state index is 5.06. The minimum absolute atomic E-state index is 0.725. The van der Waals surface area contributed by atoms with Crippen LogP contribution in [0.15, 0.2) is 59.6 Å². The molecule has 0 bridgehead atoms. The van der Waals surface area contributed by atoms with E-state index < -0.39 is 0 Å². The lowest BCUT2D eigenvalue weighted by Crippen LogP contribution is -1.90. The van der Waals surface area contributed by atoms with Crippen molar-refractivity contribution in [2.24, 2.45) is 0 Å². The molecule has 0 aliphatic rings. The van der Waals surface area contributed by atoms with Crippen molar-refractivity contribution in [3.05, 3.63) is 59.6 Å².